The number of likely N-dealkylation sites (tertiary alicyclic amines) is 1. The summed E-state index contributed by atoms with van der Waals surface area (Å²) in [5, 5.41) is 0. The molecule has 0 unspecified atom stereocenters. The van der Waals surface area contributed by atoms with Crippen molar-refractivity contribution >= 4 is 0 Å². The summed E-state index contributed by atoms with van der Waals surface area (Å²) in [5.74, 6) is 0.976. The van der Waals surface area contributed by atoms with Crippen LogP contribution in [0.1, 0.15) is 52.4 Å². The van der Waals surface area contributed by atoms with Crippen LogP contribution in [-0.4, -0.2) is 24.5 Å². The number of rotatable bonds is 0. The van der Waals surface area contributed by atoms with Gasteiger partial charge in [0.2, 0.25) is 0 Å². The molecular formula is C15H25N. The molecule has 1 heteroatoms. The average molecular weight is 219 g/mol. The Hall–Kier alpha value is -0.300. The minimum atomic E-state index is 0.623. The fraction of sp³-hybridized carbons (Fsp3) is 0.867. The molecule has 2 aliphatic carbocycles. The van der Waals surface area contributed by atoms with Gasteiger partial charge in [-0.15, -0.1) is 0 Å². The van der Waals surface area contributed by atoms with Crippen LogP contribution in [-0.2, 0) is 0 Å². The smallest absolute Gasteiger partial charge is 0.0129 e. The number of nitrogens with zero attached hydrogens (tertiary/aromatic N) is 1. The van der Waals surface area contributed by atoms with Crippen molar-refractivity contribution in [2.24, 2.45) is 11.3 Å². The minimum absolute atomic E-state index is 0.623. The number of hydrogen-bond acceptors (Lipinski definition) is 1. The Morgan fingerprint density at radius 2 is 2.00 bits per heavy atom. The van der Waals surface area contributed by atoms with Gasteiger partial charge in [0.05, 0.1) is 0 Å². The van der Waals surface area contributed by atoms with Crippen molar-refractivity contribution < 1.29 is 0 Å². The Bertz CT molecular complexity index is 330. The molecule has 3 atom stereocenters. The summed E-state index contributed by atoms with van der Waals surface area (Å²) in [6, 6.07) is 0.898. The third kappa shape index (κ3) is 1.27. The quantitative estimate of drug-likeness (QED) is 0.563. The standard InChI is InChI=1S/C15H25N/c1-11-7-8-15(12(11)2)9-10-16(3)14-6-4-5-13(14)15/h13-14H,4-10H2,1-3H3/t13-,14+,15+/m1/s1. The van der Waals surface area contributed by atoms with Gasteiger partial charge in [0.1, 0.15) is 0 Å². The van der Waals surface area contributed by atoms with Crippen molar-refractivity contribution in [2.45, 2.75) is 58.4 Å². The molecule has 2 fully saturated rings. The lowest BCUT2D eigenvalue weighted by atomic mass is 9.64. The van der Waals surface area contributed by atoms with E-state index in [-0.39, 0.29) is 0 Å². The number of fused-ring (bicyclic) bond motifs is 2. The van der Waals surface area contributed by atoms with E-state index in [1.165, 1.54) is 45.1 Å². The van der Waals surface area contributed by atoms with Gasteiger partial charge in [-0.2, -0.15) is 0 Å². The molecule has 0 aromatic carbocycles. The van der Waals surface area contributed by atoms with Crippen LogP contribution in [0.15, 0.2) is 11.1 Å². The number of allylic oxidation sites excluding steroid dienone is 2. The molecule has 0 N–H and O–H groups in total. The fourth-order valence-electron chi connectivity index (χ4n) is 4.83. The van der Waals surface area contributed by atoms with E-state index in [4.69, 9.17) is 0 Å². The van der Waals surface area contributed by atoms with Gasteiger partial charge in [0.15, 0.2) is 0 Å². The lowest BCUT2D eigenvalue weighted by Crippen LogP contribution is -2.50. The van der Waals surface area contributed by atoms with Gasteiger partial charge >= 0.3 is 0 Å². The van der Waals surface area contributed by atoms with Gasteiger partial charge in [-0.3, -0.25) is 0 Å². The predicted molar refractivity (Wildman–Crippen MR) is 68.4 cm³/mol. The molecule has 1 nitrogen and oxygen atoms in total. The lowest BCUT2D eigenvalue weighted by molar-refractivity contribution is 0.0366. The molecule has 1 spiro atoms. The van der Waals surface area contributed by atoms with Crippen molar-refractivity contribution in [3.8, 4) is 0 Å². The largest absolute Gasteiger partial charge is 0.303 e. The maximum absolute atomic E-state index is 2.64. The molecule has 0 aromatic rings. The van der Waals surface area contributed by atoms with E-state index >= 15 is 0 Å². The maximum atomic E-state index is 2.64. The fourth-order valence-corrected chi connectivity index (χ4v) is 4.83. The van der Waals surface area contributed by atoms with E-state index in [9.17, 15) is 0 Å². The first-order chi connectivity index (χ1) is 7.65. The van der Waals surface area contributed by atoms with E-state index in [1.54, 1.807) is 11.1 Å². The van der Waals surface area contributed by atoms with Crippen LogP contribution in [0.5, 0.6) is 0 Å². The van der Waals surface area contributed by atoms with Gasteiger partial charge in [-0.25, -0.2) is 0 Å². The van der Waals surface area contributed by atoms with Crippen molar-refractivity contribution in [3.05, 3.63) is 11.1 Å². The van der Waals surface area contributed by atoms with Crippen molar-refractivity contribution in [3.63, 3.8) is 0 Å². The zero-order chi connectivity index (χ0) is 11.3. The van der Waals surface area contributed by atoms with Crippen LogP contribution in [0.2, 0.25) is 0 Å². The molecule has 3 aliphatic rings. The first-order valence-corrected chi connectivity index (χ1v) is 7.02. The highest BCUT2D eigenvalue weighted by Gasteiger charge is 2.51. The number of piperidine rings is 1. The summed E-state index contributed by atoms with van der Waals surface area (Å²) in [4.78, 5) is 2.64. The first-order valence-electron chi connectivity index (χ1n) is 7.02. The molecule has 90 valence electrons. The molecule has 0 aromatic heterocycles. The molecule has 1 saturated carbocycles. The third-order valence-electron chi connectivity index (χ3n) is 6.00. The van der Waals surface area contributed by atoms with Crippen molar-refractivity contribution in [1.82, 2.24) is 4.90 Å². The first kappa shape index (κ1) is 10.8. The highest BCUT2D eigenvalue weighted by molar-refractivity contribution is 5.29. The molecular weight excluding hydrogens is 194 g/mol. The summed E-state index contributed by atoms with van der Waals surface area (Å²) in [5.41, 5.74) is 4.10. The summed E-state index contributed by atoms with van der Waals surface area (Å²) >= 11 is 0. The molecule has 0 amide bonds. The zero-order valence-corrected chi connectivity index (χ0v) is 11.1. The van der Waals surface area contributed by atoms with E-state index in [0.29, 0.717) is 5.41 Å². The molecule has 1 saturated heterocycles. The Morgan fingerprint density at radius 1 is 1.19 bits per heavy atom. The second-order valence-corrected chi connectivity index (χ2v) is 6.40. The van der Waals surface area contributed by atoms with Gasteiger partial charge in [0.25, 0.3) is 0 Å². The van der Waals surface area contributed by atoms with Gasteiger partial charge in [0, 0.05) is 6.04 Å². The summed E-state index contributed by atoms with van der Waals surface area (Å²) in [6.07, 6.45) is 8.66. The van der Waals surface area contributed by atoms with E-state index in [2.05, 4.69) is 25.8 Å². The van der Waals surface area contributed by atoms with Gasteiger partial charge < -0.3 is 4.90 Å². The summed E-state index contributed by atoms with van der Waals surface area (Å²) in [7, 11) is 2.34. The molecule has 0 radical (unpaired) electrons. The third-order valence-corrected chi connectivity index (χ3v) is 6.00. The SMILES string of the molecule is CC1=C(C)[C@]2(CC1)CCN(C)[C@H]1CCC[C@H]12. The van der Waals surface area contributed by atoms with E-state index in [1.807, 2.05) is 0 Å². The predicted octanol–water partition coefficient (Wildman–Crippen LogP) is 3.61. The zero-order valence-electron chi connectivity index (χ0n) is 11.1. The Balaban J connectivity index is 1.97. The molecule has 1 aliphatic heterocycles. The summed E-state index contributed by atoms with van der Waals surface area (Å²) in [6.45, 7) is 6.13. The van der Waals surface area contributed by atoms with E-state index < -0.39 is 0 Å². The summed E-state index contributed by atoms with van der Waals surface area (Å²) < 4.78 is 0. The van der Waals surface area contributed by atoms with Gasteiger partial charge in [-0.05, 0) is 70.9 Å². The second kappa shape index (κ2) is 3.60. The van der Waals surface area contributed by atoms with Gasteiger partial charge in [-0.1, -0.05) is 17.6 Å². The highest BCUT2D eigenvalue weighted by atomic mass is 15.2. The van der Waals surface area contributed by atoms with E-state index in [0.717, 1.165) is 12.0 Å². The Kier molecular flexibility index (Phi) is 2.43. The monoisotopic (exact) mass is 219 g/mol. The second-order valence-electron chi connectivity index (χ2n) is 6.40. The maximum Gasteiger partial charge on any atom is 0.0129 e. The van der Waals surface area contributed by atoms with Crippen LogP contribution in [0.4, 0.5) is 0 Å². The topological polar surface area (TPSA) is 3.24 Å². The molecule has 16 heavy (non-hydrogen) atoms. The van der Waals surface area contributed by atoms with Crippen molar-refractivity contribution in [2.75, 3.05) is 13.6 Å². The average Bonchev–Trinajstić information content (AvgIpc) is 2.86. The Labute approximate surface area is 99.9 Å². The van der Waals surface area contributed by atoms with Crippen LogP contribution >= 0.6 is 0 Å². The Morgan fingerprint density at radius 3 is 2.69 bits per heavy atom. The number of hydrogen-bond donors (Lipinski definition) is 0. The minimum Gasteiger partial charge on any atom is -0.303 e. The van der Waals surface area contributed by atoms with Crippen LogP contribution in [0, 0.1) is 11.3 Å². The van der Waals surface area contributed by atoms with Crippen LogP contribution in [0.25, 0.3) is 0 Å². The highest BCUT2D eigenvalue weighted by Crippen LogP contribution is 2.58. The lowest BCUT2D eigenvalue weighted by Gasteiger charge is -2.49. The normalized spacial score (nSPS) is 44.4. The van der Waals surface area contributed by atoms with Crippen LogP contribution < -0.4 is 0 Å². The van der Waals surface area contributed by atoms with Crippen LogP contribution in [0.3, 0.4) is 0 Å². The molecule has 1 heterocycles. The van der Waals surface area contributed by atoms with Crippen molar-refractivity contribution in [1.29, 1.82) is 0 Å². The molecule has 0 bridgehead atoms. The molecule has 3 rings (SSSR count).